The van der Waals surface area contributed by atoms with Crippen LogP contribution in [-0.2, 0) is 16.2 Å². The molecule has 3 rings (SSSR count). The second kappa shape index (κ2) is 12.2. The van der Waals surface area contributed by atoms with E-state index in [0.717, 1.165) is 27.9 Å². The maximum atomic E-state index is 12.2. The zero-order valence-corrected chi connectivity index (χ0v) is 19.6. The number of amides is 2. The molecule has 0 fully saturated rings. The number of aryl methyl sites for hydroxylation is 1. The number of nitrogens with zero attached hydrogens (tertiary/aromatic N) is 1. The smallest absolute Gasteiger partial charge is 0.240 e. The van der Waals surface area contributed by atoms with Gasteiger partial charge in [0.05, 0.1) is 13.3 Å². The first-order valence-electron chi connectivity index (χ1n) is 11.0. The number of methoxy groups -OCH3 is 1. The number of ether oxygens (including phenoxy) is 2. The Morgan fingerprint density at radius 1 is 0.912 bits per heavy atom. The number of hydrogen-bond acceptors (Lipinski definition) is 5. The van der Waals surface area contributed by atoms with Crippen LogP contribution in [0.15, 0.2) is 71.8 Å². The minimum absolute atomic E-state index is 0.0314. The van der Waals surface area contributed by atoms with E-state index in [1.54, 1.807) is 19.2 Å². The van der Waals surface area contributed by atoms with Crippen molar-refractivity contribution in [3.63, 3.8) is 0 Å². The molecule has 2 N–H and O–H groups in total. The average molecular weight is 460 g/mol. The summed E-state index contributed by atoms with van der Waals surface area (Å²) in [4.78, 5) is 24.2. The fourth-order valence-corrected chi connectivity index (χ4v) is 3.18. The van der Waals surface area contributed by atoms with Crippen molar-refractivity contribution in [1.82, 2.24) is 5.43 Å². The van der Waals surface area contributed by atoms with E-state index in [9.17, 15) is 9.59 Å². The molecule has 0 aromatic heterocycles. The summed E-state index contributed by atoms with van der Waals surface area (Å²) < 4.78 is 11.3. The summed E-state index contributed by atoms with van der Waals surface area (Å²) in [5.41, 5.74) is 7.10. The molecule has 0 radical (unpaired) electrons. The Morgan fingerprint density at radius 3 is 2.44 bits per heavy atom. The third kappa shape index (κ3) is 7.20. The fourth-order valence-electron chi connectivity index (χ4n) is 3.18. The van der Waals surface area contributed by atoms with Crippen LogP contribution >= 0.6 is 0 Å². The largest absolute Gasteiger partial charge is 0.493 e. The summed E-state index contributed by atoms with van der Waals surface area (Å²) in [6, 6.07) is 20.9. The third-order valence-electron chi connectivity index (χ3n) is 5.29. The second-order valence-electron chi connectivity index (χ2n) is 7.77. The summed E-state index contributed by atoms with van der Waals surface area (Å²) >= 11 is 0. The molecule has 0 unspecified atom stereocenters. The van der Waals surface area contributed by atoms with E-state index in [0.29, 0.717) is 18.1 Å². The van der Waals surface area contributed by atoms with Crippen molar-refractivity contribution >= 4 is 23.7 Å². The normalized spacial score (nSPS) is 10.7. The van der Waals surface area contributed by atoms with Crippen LogP contribution in [0.25, 0.3) is 0 Å². The number of hydrazone groups is 1. The van der Waals surface area contributed by atoms with E-state index in [-0.39, 0.29) is 24.7 Å². The van der Waals surface area contributed by atoms with Crippen molar-refractivity contribution in [2.75, 3.05) is 12.4 Å². The number of benzene rings is 3. The molecule has 0 bridgehead atoms. The molecule has 0 aliphatic heterocycles. The molecule has 0 atom stereocenters. The van der Waals surface area contributed by atoms with Gasteiger partial charge in [-0.25, -0.2) is 5.43 Å². The highest BCUT2D eigenvalue weighted by Crippen LogP contribution is 2.28. The molecule has 2 amide bonds. The lowest BCUT2D eigenvalue weighted by Crippen LogP contribution is -2.21. The van der Waals surface area contributed by atoms with E-state index >= 15 is 0 Å². The van der Waals surface area contributed by atoms with Gasteiger partial charge in [0.15, 0.2) is 11.5 Å². The molecular formula is C27H29N3O4. The van der Waals surface area contributed by atoms with Gasteiger partial charge in [0.1, 0.15) is 6.61 Å². The highest BCUT2D eigenvalue weighted by Gasteiger charge is 2.09. The topological polar surface area (TPSA) is 89.0 Å². The summed E-state index contributed by atoms with van der Waals surface area (Å²) in [6.45, 7) is 4.36. The minimum atomic E-state index is -0.345. The molecule has 0 heterocycles. The van der Waals surface area contributed by atoms with Crippen LogP contribution in [0.4, 0.5) is 5.69 Å². The third-order valence-corrected chi connectivity index (χ3v) is 5.29. The van der Waals surface area contributed by atoms with E-state index < -0.39 is 0 Å². The van der Waals surface area contributed by atoms with Gasteiger partial charge in [-0.1, -0.05) is 42.5 Å². The van der Waals surface area contributed by atoms with Gasteiger partial charge in [-0.3, -0.25) is 9.59 Å². The van der Waals surface area contributed by atoms with Crippen molar-refractivity contribution in [1.29, 1.82) is 0 Å². The number of hydrogen-bond donors (Lipinski definition) is 2. The Bertz CT molecular complexity index is 1160. The molecule has 0 saturated heterocycles. The van der Waals surface area contributed by atoms with Crippen LogP contribution in [-0.4, -0.2) is 25.1 Å². The second-order valence-corrected chi connectivity index (χ2v) is 7.77. The fraction of sp³-hybridized carbons (Fsp3) is 0.222. The van der Waals surface area contributed by atoms with Gasteiger partial charge in [-0.05, 0) is 60.4 Å². The number of nitrogens with one attached hydrogen (secondary N) is 2. The number of rotatable bonds is 10. The van der Waals surface area contributed by atoms with Gasteiger partial charge in [-0.15, -0.1) is 0 Å². The first kappa shape index (κ1) is 24.5. The molecule has 0 aliphatic carbocycles. The Morgan fingerprint density at radius 2 is 1.68 bits per heavy atom. The van der Waals surface area contributed by atoms with Gasteiger partial charge in [0.25, 0.3) is 0 Å². The Balaban J connectivity index is 1.47. The number of anilines is 1. The van der Waals surface area contributed by atoms with Crippen LogP contribution in [0, 0.1) is 13.8 Å². The van der Waals surface area contributed by atoms with Gasteiger partial charge in [0, 0.05) is 18.5 Å². The number of carbonyl (C=O) groups excluding carboxylic acids is 2. The standard InChI is InChI=1S/C27H29N3O4/c1-19-8-7-11-23(20(19)2)29-26(31)14-15-27(32)30-28-17-22-12-13-24(25(16-22)33-3)34-18-21-9-5-4-6-10-21/h4-13,16-17H,14-15,18H2,1-3H3,(H,29,31)(H,30,32). The van der Waals surface area contributed by atoms with Crippen molar-refractivity contribution in [2.24, 2.45) is 5.10 Å². The minimum Gasteiger partial charge on any atom is -0.493 e. The van der Waals surface area contributed by atoms with Crippen LogP contribution in [0.3, 0.4) is 0 Å². The lowest BCUT2D eigenvalue weighted by molar-refractivity contribution is -0.124. The zero-order chi connectivity index (χ0) is 24.3. The van der Waals surface area contributed by atoms with Gasteiger partial charge in [0.2, 0.25) is 11.8 Å². The van der Waals surface area contributed by atoms with Crippen molar-refractivity contribution in [2.45, 2.75) is 33.3 Å². The highest BCUT2D eigenvalue weighted by atomic mass is 16.5. The molecule has 176 valence electrons. The highest BCUT2D eigenvalue weighted by molar-refractivity contribution is 5.94. The maximum Gasteiger partial charge on any atom is 0.240 e. The Labute approximate surface area is 199 Å². The van der Waals surface area contributed by atoms with E-state index in [1.807, 2.05) is 68.4 Å². The lowest BCUT2D eigenvalue weighted by Gasteiger charge is -2.11. The van der Waals surface area contributed by atoms with E-state index in [1.165, 1.54) is 6.21 Å². The molecule has 3 aromatic carbocycles. The Kier molecular flexibility index (Phi) is 8.80. The maximum absolute atomic E-state index is 12.2. The van der Waals surface area contributed by atoms with Crippen molar-refractivity contribution in [3.8, 4) is 11.5 Å². The molecule has 0 aliphatic rings. The van der Waals surface area contributed by atoms with E-state index in [2.05, 4.69) is 15.8 Å². The van der Waals surface area contributed by atoms with Crippen molar-refractivity contribution in [3.05, 3.63) is 89.0 Å². The van der Waals surface area contributed by atoms with Gasteiger partial charge >= 0.3 is 0 Å². The first-order valence-corrected chi connectivity index (χ1v) is 11.0. The SMILES string of the molecule is COc1cc(C=NNC(=O)CCC(=O)Nc2cccc(C)c2C)ccc1OCc1ccccc1. The van der Waals surface area contributed by atoms with E-state index in [4.69, 9.17) is 9.47 Å². The lowest BCUT2D eigenvalue weighted by atomic mass is 10.1. The zero-order valence-electron chi connectivity index (χ0n) is 19.6. The van der Waals surface area contributed by atoms with Crippen molar-refractivity contribution < 1.29 is 19.1 Å². The predicted octanol–water partition coefficient (Wildman–Crippen LogP) is 4.76. The molecule has 7 heteroatoms. The van der Waals surface area contributed by atoms with Crippen LogP contribution in [0.1, 0.15) is 35.1 Å². The Hall–Kier alpha value is -4.13. The molecule has 34 heavy (non-hydrogen) atoms. The summed E-state index contributed by atoms with van der Waals surface area (Å²) in [6.07, 6.45) is 1.61. The predicted molar refractivity (Wildman–Crippen MR) is 133 cm³/mol. The molecule has 3 aromatic rings. The molecule has 7 nitrogen and oxygen atoms in total. The van der Waals surface area contributed by atoms with Gasteiger partial charge in [-0.2, -0.15) is 5.10 Å². The summed E-state index contributed by atoms with van der Waals surface area (Å²) in [5, 5.41) is 6.82. The summed E-state index contributed by atoms with van der Waals surface area (Å²) in [7, 11) is 1.57. The number of carbonyl (C=O) groups is 2. The monoisotopic (exact) mass is 459 g/mol. The molecule has 0 saturated carbocycles. The first-order chi connectivity index (χ1) is 16.5. The quantitative estimate of drug-likeness (QED) is 0.338. The molecular weight excluding hydrogens is 430 g/mol. The van der Waals surface area contributed by atoms with Gasteiger partial charge < -0.3 is 14.8 Å². The molecule has 0 spiro atoms. The van der Waals surface area contributed by atoms with Crippen LogP contribution in [0.2, 0.25) is 0 Å². The van der Waals surface area contributed by atoms with Crippen LogP contribution in [0.5, 0.6) is 11.5 Å². The van der Waals surface area contributed by atoms with Crippen LogP contribution < -0.4 is 20.2 Å². The summed E-state index contributed by atoms with van der Waals surface area (Å²) in [5.74, 6) is 0.613. The average Bonchev–Trinajstić information content (AvgIpc) is 2.85.